The Balaban J connectivity index is 1.68. The van der Waals surface area contributed by atoms with Crippen LogP contribution in [0.4, 0.5) is 8.78 Å². The second-order valence-corrected chi connectivity index (χ2v) is 5.80. The van der Waals surface area contributed by atoms with Crippen LogP contribution in [-0.4, -0.2) is 18.5 Å². The van der Waals surface area contributed by atoms with Gasteiger partial charge in [0.15, 0.2) is 0 Å². The van der Waals surface area contributed by atoms with Crippen LogP contribution in [0, 0.1) is 11.6 Å². The van der Waals surface area contributed by atoms with Crippen molar-refractivity contribution < 1.29 is 13.6 Å². The molecule has 0 bridgehead atoms. The van der Waals surface area contributed by atoms with Gasteiger partial charge in [-0.3, -0.25) is 4.79 Å². The molecule has 1 aliphatic carbocycles. The third-order valence-electron chi connectivity index (χ3n) is 3.14. The molecule has 110 valence electrons. The molecule has 2 rings (SSSR count). The zero-order valence-corrected chi connectivity index (χ0v) is 12.6. The van der Waals surface area contributed by atoms with Crippen molar-refractivity contribution in [3.63, 3.8) is 0 Å². The molecule has 1 amide bonds. The summed E-state index contributed by atoms with van der Waals surface area (Å²) in [5.41, 5.74) is 0.0156. The molecule has 0 radical (unpaired) electrons. The Morgan fingerprint density at radius 2 is 2.10 bits per heavy atom. The average Bonchev–Trinajstić information content (AvgIpc) is 3.21. The minimum absolute atomic E-state index is 0.0156. The number of hydrogen-bond acceptors (Lipinski definition) is 2. The Kier molecular flexibility index (Phi) is 5.48. The van der Waals surface area contributed by atoms with Crippen molar-refractivity contribution >= 4 is 21.8 Å². The molecule has 1 aromatic carbocycles. The van der Waals surface area contributed by atoms with Gasteiger partial charge >= 0.3 is 0 Å². The van der Waals surface area contributed by atoms with E-state index in [1.165, 1.54) is 12.1 Å². The molecular formula is C14H17BrF2N2O. The molecule has 0 saturated heterocycles. The molecular weight excluding hydrogens is 330 g/mol. The SMILES string of the molecule is O=C(CCCNCc1c(F)ccc(Br)c1F)NC1CC1. The highest BCUT2D eigenvalue weighted by Gasteiger charge is 2.22. The monoisotopic (exact) mass is 346 g/mol. The van der Waals surface area contributed by atoms with E-state index in [9.17, 15) is 13.6 Å². The van der Waals surface area contributed by atoms with Gasteiger partial charge in [0.25, 0.3) is 0 Å². The summed E-state index contributed by atoms with van der Waals surface area (Å²) in [6.07, 6.45) is 3.24. The number of halogens is 3. The van der Waals surface area contributed by atoms with Crippen LogP contribution >= 0.6 is 15.9 Å². The first-order chi connectivity index (χ1) is 9.58. The third-order valence-corrected chi connectivity index (χ3v) is 3.75. The highest BCUT2D eigenvalue weighted by molar-refractivity contribution is 9.10. The van der Waals surface area contributed by atoms with Crippen LogP contribution in [0.5, 0.6) is 0 Å². The van der Waals surface area contributed by atoms with Crippen LogP contribution < -0.4 is 10.6 Å². The Morgan fingerprint density at radius 1 is 1.35 bits per heavy atom. The van der Waals surface area contributed by atoms with E-state index in [-0.39, 0.29) is 22.5 Å². The zero-order valence-electron chi connectivity index (χ0n) is 11.0. The van der Waals surface area contributed by atoms with Gasteiger partial charge in [0.2, 0.25) is 5.91 Å². The lowest BCUT2D eigenvalue weighted by Gasteiger charge is -2.08. The van der Waals surface area contributed by atoms with Crippen molar-refractivity contribution in [3.8, 4) is 0 Å². The molecule has 0 unspecified atom stereocenters. The molecule has 20 heavy (non-hydrogen) atoms. The van der Waals surface area contributed by atoms with Gasteiger partial charge in [-0.1, -0.05) is 0 Å². The lowest BCUT2D eigenvalue weighted by atomic mass is 10.2. The van der Waals surface area contributed by atoms with Crippen molar-refractivity contribution in [2.45, 2.75) is 38.3 Å². The van der Waals surface area contributed by atoms with Crippen LogP contribution in [0.1, 0.15) is 31.2 Å². The lowest BCUT2D eigenvalue weighted by Crippen LogP contribution is -2.26. The molecule has 2 N–H and O–H groups in total. The number of benzene rings is 1. The molecule has 1 aliphatic rings. The van der Waals surface area contributed by atoms with Gasteiger partial charge in [-0.25, -0.2) is 8.78 Å². The fraction of sp³-hybridized carbons (Fsp3) is 0.500. The van der Waals surface area contributed by atoms with Gasteiger partial charge in [0.1, 0.15) is 11.6 Å². The number of amides is 1. The first-order valence-electron chi connectivity index (χ1n) is 6.70. The maximum absolute atomic E-state index is 13.7. The summed E-state index contributed by atoms with van der Waals surface area (Å²) in [6, 6.07) is 2.95. The van der Waals surface area contributed by atoms with E-state index in [1.54, 1.807) is 0 Å². The van der Waals surface area contributed by atoms with E-state index >= 15 is 0 Å². The van der Waals surface area contributed by atoms with Crippen molar-refractivity contribution in [2.75, 3.05) is 6.54 Å². The van der Waals surface area contributed by atoms with Crippen LogP contribution in [0.15, 0.2) is 16.6 Å². The molecule has 0 aromatic heterocycles. The fourth-order valence-corrected chi connectivity index (χ4v) is 2.22. The fourth-order valence-electron chi connectivity index (χ4n) is 1.85. The highest BCUT2D eigenvalue weighted by Crippen LogP contribution is 2.21. The Labute approximate surface area is 125 Å². The summed E-state index contributed by atoms with van der Waals surface area (Å²) >= 11 is 3.03. The average molecular weight is 347 g/mol. The van der Waals surface area contributed by atoms with Gasteiger partial charge in [0, 0.05) is 24.6 Å². The van der Waals surface area contributed by atoms with E-state index < -0.39 is 11.6 Å². The standard InChI is InChI=1S/C14H17BrF2N2O/c15-11-5-6-12(16)10(14(11)17)8-18-7-1-2-13(20)19-9-3-4-9/h5-6,9,18H,1-4,7-8H2,(H,19,20). The zero-order chi connectivity index (χ0) is 14.5. The van der Waals surface area contributed by atoms with Crippen molar-refractivity contribution in [1.29, 1.82) is 0 Å². The van der Waals surface area contributed by atoms with Crippen molar-refractivity contribution in [2.24, 2.45) is 0 Å². The molecule has 1 saturated carbocycles. The van der Waals surface area contributed by atoms with Crippen molar-refractivity contribution in [1.82, 2.24) is 10.6 Å². The van der Waals surface area contributed by atoms with Crippen LogP contribution in [0.2, 0.25) is 0 Å². The normalized spacial score (nSPS) is 14.3. The number of nitrogens with one attached hydrogen (secondary N) is 2. The summed E-state index contributed by atoms with van der Waals surface area (Å²) in [6.45, 7) is 0.658. The lowest BCUT2D eigenvalue weighted by molar-refractivity contribution is -0.121. The first-order valence-corrected chi connectivity index (χ1v) is 7.49. The molecule has 3 nitrogen and oxygen atoms in total. The molecule has 0 aliphatic heterocycles. The summed E-state index contributed by atoms with van der Waals surface area (Å²) in [7, 11) is 0. The van der Waals surface area contributed by atoms with E-state index in [0.29, 0.717) is 25.4 Å². The Bertz CT molecular complexity index is 492. The summed E-state index contributed by atoms with van der Waals surface area (Å²) in [5, 5.41) is 5.85. The van der Waals surface area contributed by atoms with Crippen molar-refractivity contribution in [3.05, 3.63) is 33.8 Å². The van der Waals surface area contributed by atoms with Gasteiger partial charge in [-0.15, -0.1) is 0 Å². The maximum atomic E-state index is 13.7. The maximum Gasteiger partial charge on any atom is 0.220 e. The minimum atomic E-state index is -0.580. The van der Waals surface area contributed by atoms with Gasteiger partial charge in [-0.2, -0.15) is 0 Å². The van der Waals surface area contributed by atoms with E-state index in [4.69, 9.17) is 0 Å². The Morgan fingerprint density at radius 3 is 2.80 bits per heavy atom. The van der Waals surface area contributed by atoms with E-state index in [0.717, 1.165) is 12.8 Å². The molecule has 6 heteroatoms. The molecule has 0 heterocycles. The van der Waals surface area contributed by atoms with E-state index in [1.807, 2.05) is 0 Å². The Hall–Kier alpha value is -1.01. The van der Waals surface area contributed by atoms with Gasteiger partial charge < -0.3 is 10.6 Å². The predicted octanol–water partition coefficient (Wildman–Crippen LogP) is 2.88. The predicted molar refractivity (Wildman–Crippen MR) is 76.2 cm³/mol. The molecule has 1 aromatic rings. The quantitative estimate of drug-likeness (QED) is 0.588. The summed E-state index contributed by atoms with van der Waals surface area (Å²) in [4.78, 5) is 11.4. The number of carbonyl (C=O) groups is 1. The summed E-state index contributed by atoms with van der Waals surface area (Å²) < 4.78 is 27.4. The smallest absolute Gasteiger partial charge is 0.220 e. The number of hydrogen-bond donors (Lipinski definition) is 2. The topological polar surface area (TPSA) is 41.1 Å². The third kappa shape index (κ3) is 4.52. The first kappa shape index (κ1) is 15.4. The molecule has 0 atom stereocenters. The van der Waals surface area contributed by atoms with Crippen LogP contribution in [-0.2, 0) is 11.3 Å². The van der Waals surface area contributed by atoms with Crippen LogP contribution in [0.3, 0.4) is 0 Å². The second kappa shape index (κ2) is 7.13. The van der Waals surface area contributed by atoms with Gasteiger partial charge in [-0.05, 0) is 53.9 Å². The second-order valence-electron chi connectivity index (χ2n) is 4.94. The largest absolute Gasteiger partial charge is 0.353 e. The van der Waals surface area contributed by atoms with E-state index in [2.05, 4.69) is 26.6 Å². The minimum Gasteiger partial charge on any atom is -0.353 e. The molecule has 1 fully saturated rings. The number of rotatable bonds is 7. The van der Waals surface area contributed by atoms with Crippen LogP contribution in [0.25, 0.3) is 0 Å². The number of carbonyl (C=O) groups excluding carboxylic acids is 1. The van der Waals surface area contributed by atoms with Gasteiger partial charge in [0.05, 0.1) is 4.47 Å². The molecule has 0 spiro atoms. The summed E-state index contributed by atoms with van der Waals surface area (Å²) in [5.74, 6) is -1.09. The highest BCUT2D eigenvalue weighted by atomic mass is 79.9.